The molecule has 0 amide bonds. The molecule has 0 saturated heterocycles. The Balaban J connectivity index is 1.96. The van der Waals surface area contributed by atoms with E-state index in [1.165, 1.54) is 36.8 Å². The normalized spacial score (nSPS) is 14.7. The summed E-state index contributed by atoms with van der Waals surface area (Å²) < 4.78 is 0. The van der Waals surface area contributed by atoms with Crippen LogP contribution in [0, 0.1) is 11.3 Å². The minimum Gasteiger partial charge on any atom is -0.341 e. The van der Waals surface area contributed by atoms with Gasteiger partial charge in [-0.2, -0.15) is 5.26 Å². The molecule has 1 aliphatic carbocycles. The molecular formula is C17H19N3. The van der Waals surface area contributed by atoms with Crippen LogP contribution in [0.2, 0.25) is 0 Å². The third-order valence-corrected chi connectivity index (χ3v) is 4.11. The first-order valence-corrected chi connectivity index (χ1v) is 7.19. The van der Waals surface area contributed by atoms with E-state index in [-0.39, 0.29) is 0 Å². The standard InChI is InChI=1S/C17H19N3/c1-17(2,11-18)16-19-10-15(20-16)14-8-7-12-5-3-4-6-13(12)9-14/h7-10H,3-6H2,1-2H3,(H,19,20). The van der Waals surface area contributed by atoms with Crippen LogP contribution >= 0.6 is 0 Å². The summed E-state index contributed by atoms with van der Waals surface area (Å²) in [7, 11) is 0. The molecule has 3 nitrogen and oxygen atoms in total. The lowest BCUT2D eigenvalue weighted by Gasteiger charge is -2.16. The van der Waals surface area contributed by atoms with Gasteiger partial charge in [-0.05, 0) is 62.3 Å². The number of nitrogens with zero attached hydrogens (tertiary/aromatic N) is 2. The van der Waals surface area contributed by atoms with E-state index < -0.39 is 5.41 Å². The maximum atomic E-state index is 9.18. The van der Waals surface area contributed by atoms with Gasteiger partial charge in [-0.25, -0.2) is 4.98 Å². The number of imidazole rings is 1. The lowest BCUT2D eigenvalue weighted by molar-refractivity contribution is 0.640. The Labute approximate surface area is 119 Å². The highest BCUT2D eigenvalue weighted by Crippen LogP contribution is 2.28. The highest BCUT2D eigenvalue weighted by Gasteiger charge is 2.23. The molecule has 1 N–H and O–H groups in total. The van der Waals surface area contributed by atoms with E-state index in [1.54, 1.807) is 0 Å². The largest absolute Gasteiger partial charge is 0.341 e. The molecule has 1 aliphatic rings. The predicted molar refractivity (Wildman–Crippen MR) is 79.3 cm³/mol. The fraction of sp³-hybridized carbons (Fsp3) is 0.412. The summed E-state index contributed by atoms with van der Waals surface area (Å²) in [5.41, 5.74) is 4.53. The fourth-order valence-corrected chi connectivity index (χ4v) is 2.74. The van der Waals surface area contributed by atoms with Gasteiger partial charge in [0.2, 0.25) is 0 Å². The lowest BCUT2D eigenvalue weighted by atomic mass is 9.90. The second-order valence-corrected chi connectivity index (χ2v) is 6.07. The Morgan fingerprint density at radius 1 is 1.20 bits per heavy atom. The molecule has 0 aliphatic heterocycles. The van der Waals surface area contributed by atoms with E-state index in [0.717, 1.165) is 17.1 Å². The third-order valence-electron chi connectivity index (χ3n) is 4.11. The second-order valence-electron chi connectivity index (χ2n) is 6.07. The maximum absolute atomic E-state index is 9.18. The maximum Gasteiger partial charge on any atom is 0.126 e. The molecule has 0 atom stereocenters. The number of aryl methyl sites for hydroxylation is 2. The van der Waals surface area contributed by atoms with Crippen LogP contribution in [0.25, 0.3) is 11.3 Å². The summed E-state index contributed by atoms with van der Waals surface area (Å²) in [5, 5.41) is 9.18. The van der Waals surface area contributed by atoms with Crippen LogP contribution in [-0.4, -0.2) is 9.97 Å². The Kier molecular flexibility index (Phi) is 3.10. The van der Waals surface area contributed by atoms with Crippen molar-refractivity contribution in [3.8, 4) is 17.3 Å². The average Bonchev–Trinajstić information content (AvgIpc) is 2.97. The van der Waals surface area contributed by atoms with E-state index in [0.29, 0.717) is 0 Å². The third kappa shape index (κ3) is 2.22. The van der Waals surface area contributed by atoms with Gasteiger partial charge in [-0.15, -0.1) is 0 Å². The van der Waals surface area contributed by atoms with Crippen LogP contribution < -0.4 is 0 Å². The van der Waals surface area contributed by atoms with Crippen molar-refractivity contribution < 1.29 is 0 Å². The molecule has 0 spiro atoms. The number of fused-ring (bicyclic) bond motifs is 1. The van der Waals surface area contributed by atoms with Crippen LogP contribution in [0.4, 0.5) is 0 Å². The Bertz CT molecular complexity index is 674. The van der Waals surface area contributed by atoms with E-state index in [1.807, 2.05) is 20.0 Å². The monoisotopic (exact) mass is 265 g/mol. The summed E-state index contributed by atoms with van der Waals surface area (Å²) in [6, 6.07) is 8.94. The van der Waals surface area contributed by atoms with Crippen molar-refractivity contribution in [2.75, 3.05) is 0 Å². The number of H-pyrrole nitrogens is 1. The minimum absolute atomic E-state index is 0.577. The topological polar surface area (TPSA) is 52.5 Å². The number of aromatic amines is 1. The summed E-state index contributed by atoms with van der Waals surface area (Å²) in [6.45, 7) is 3.75. The minimum atomic E-state index is -0.577. The smallest absolute Gasteiger partial charge is 0.126 e. The molecule has 1 heterocycles. The van der Waals surface area contributed by atoms with E-state index in [2.05, 4.69) is 34.2 Å². The number of hydrogen-bond donors (Lipinski definition) is 1. The molecule has 3 heteroatoms. The van der Waals surface area contributed by atoms with Crippen molar-refractivity contribution in [2.45, 2.75) is 44.9 Å². The molecule has 3 rings (SSSR count). The van der Waals surface area contributed by atoms with Crippen LogP contribution in [0.5, 0.6) is 0 Å². The van der Waals surface area contributed by atoms with Gasteiger partial charge in [0.1, 0.15) is 11.2 Å². The first-order chi connectivity index (χ1) is 9.60. The van der Waals surface area contributed by atoms with Crippen molar-refractivity contribution in [1.82, 2.24) is 9.97 Å². The summed E-state index contributed by atoms with van der Waals surface area (Å²) >= 11 is 0. The van der Waals surface area contributed by atoms with Crippen molar-refractivity contribution >= 4 is 0 Å². The lowest BCUT2D eigenvalue weighted by Crippen LogP contribution is -2.15. The molecule has 20 heavy (non-hydrogen) atoms. The molecule has 0 fully saturated rings. The number of nitriles is 1. The first kappa shape index (κ1) is 12.9. The molecule has 0 bridgehead atoms. The molecule has 1 aromatic heterocycles. The van der Waals surface area contributed by atoms with Crippen molar-refractivity contribution in [1.29, 1.82) is 5.26 Å². The van der Waals surface area contributed by atoms with Gasteiger partial charge in [0.25, 0.3) is 0 Å². The Morgan fingerprint density at radius 2 is 1.95 bits per heavy atom. The number of nitrogens with one attached hydrogen (secondary N) is 1. The molecule has 102 valence electrons. The van der Waals surface area contributed by atoms with E-state index in [4.69, 9.17) is 0 Å². The van der Waals surface area contributed by atoms with Gasteiger partial charge in [0.15, 0.2) is 0 Å². The first-order valence-electron chi connectivity index (χ1n) is 7.19. The number of aromatic nitrogens is 2. The van der Waals surface area contributed by atoms with Gasteiger partial charge in [-0.1, -0.05) is 12.1 Å². The van der Waals surface area contributed by atoms with Gasteiger partial charge in [0, 0.05) is 0 Å². The molecule has 0 unspecified atom stereocenters. The van der Waals surface area contributed by atoms with Crippen LogP contribution in [-0.2, 0) is 18.3 Å². The molecule has 0 radical (unpaired) electrons. The van der Waals surface area contributed by atoms with Crippen LogP contribution in [0.1, 0.15) is 43.6 Å². The molecular weight excluding hydrogens is 246 g/mol. The van der Waals surface area contributed by atoms with Crippen LogP contribution in [0.3, 0.4) is 0 Å². The van der Waals surface area contributed by atoms with Gasteiger partial charge in [0.05, 0.1) is 18.0 Å². The zero-order valence-electron chi connectivity index (χ0n) is 12.0. The van der Waals surface area contributed by atoms with Gasteiger partial charge < -0.3 is 4.98 Å². The highest BCUT2D eigenvalue weighted by atomic mass is 14.9. The SMILES string of the molecule is CC(C)(C#N)c1ncc(-c2ccc3c(c2)CCCC3)[nH]1. The zero-order valence-corrected chi connectivity index (χ0v) is 12.0. The second kappa shape index (κ2) is 4.79. The quantitative estimate of drug-likeness (QED) is 0.899. The van der Waals surface area contributed by atoms with E-state index >= 15 is 0 Å². The number of benzene rings is 1. The summed E-state index contributed by atoms with van der Waals surface area (Å²) in [6.07, 6.45) is 6.79. The Morgan fingerprint density at radius 3 is 2.70 bits per heavy atom. The van der Waals surface area contributed by atoms with Crippen molar-refractivity contribution in [2.24, 2.45) is 0 Å². The number of rotatable bonds is 2. The molecule has 1 aromatic carbocycles. The predicted octanol–water partition coefficient (Wildman–Crippen LogP) is 3.76. The zero-order chi connectivity index (χ0) is 14.2. The summed E-state index contributed by atoms with van der Waals surface area (Å²) in [5.74, 6) is 0.729. The van der Waals surface area contributed by atoms with Crippen LogP contribution in [0.15, 0.2) is 24.4 Å². The molecule has 0 saturated carbocycles. The Hall–Kier alpha value is -2.08. The average molecular weight is 265 g/mol. The highest BCUT2D eigenvalue weighted by molar-refractivity contribution is 5.61. The van der Waals surface area contributed by atoms with E-state index in [9.17, 15) is 5.26 Å². The van der Waals surface area contributed by atoms with Gasteiger partial charge >= 0.3 is 0 Å². The van der Waals surface area contributed by atoms with Crippen molar-refractivity contribution in [3.63, 3.8) is 0 Å². The fourth-order valence-electron chi connectivity index (χ4n) is 2.74. The summed E-state index contributed by atoms with van der Waals surface area (Å²) in [4.78, 5) is 7.66. The molecule has 2 aromatic rings. The number of hydrogen-bond acceptors (Lipinski definition) is 2. The van der Waals surface area contributed by atoms with Gasteiger partial charge in [-0.3, -0.25) is 0 Å². The van der Waals surface area contributed by atoms with Crippen molar-refractivity contribution in [3.05, 3.63) is 41.3 Å².